The highest BCUT2D eigenvalue weighted by molar-refractivity contribution is 8.01. The van der Waals surface area contributed by atoms with Crippen LogP contribution in [0.3, 0.4) is 0 Å². The zero-order chi connectivity index (χ0) is 23.2. The Morgan fingerprint density at radius 1 is 1.09 bits per heavy atom. The summed E-state index contributed by atoms with van der Waals surface area (Å²) in [6.45, 7) is 2.33. The Labute approximate surface area is 194 Å². The van der Waals surface area contributed by atoms with Crippen LogP contribution in [0.15, 0.2) is 66.7 Å². The van der Waals surface area contributed by atoms with Gasteiger partial charge in [0.1, 0.15) is 11.6 Å². The first kappa shape index (κ1) is 21.5. The molecule has 2 aliphatic heterocycles. The monoisotopic (exact) mass is 465 g/mol. The van der Waals surface area contributed by atoms with Gasteiger partial charge in [0, 0.05) is 29.1 Å². The van der Waals surface area contributed by atoms with E-state index in [0.717, 1.165) is 5.56 Å². The van der Waals surface area contributed by atoms with E-state index in [4.69, 9.17) is 0 Å². The summed E-state index contributed by atoms with van der Waals surface area (Å²) in [5.41, 5.74) is 3.03. The molecule has 3 aromatic rings. The lowest BCUT2D eigenvalue weighted by atomic mass is 10.0. The Morgan fingerprint density at radius 2 is 1.91 bits per heavy atom. The van der Waals surface area contributed by atoms with Crippen LogP contribution in [0.5, 0.6) is 0 Å². The predicted molar refractivity (Wildman–Crippen MR) is 125 cm³/mol. The number of thioether (sulfide) groups is 1. The number of hydrogen-bond acceptors (Lipinski definition) is 3. The topological polar surface area (TPSA) is 52.7 Å². The summed E-state index contributed by atoms with van der Waals surface area (Å²) in [5, 5.41) is 2.72. The van der Waals surface area contributed by atoms with Crippen LogP contribution in [0.1, 0.15) is 16.7 Å². The molecule has 3 aromatic carbocycles. The molecule has 3 amide bonds. The lowest BCUT2D eigenvalue weighted by Crippen LogP contribution is -2.51. The summed E-state index contributed by atoms with van der Waals surface area (Å²) in [7, 11) is 0. The standard InChI is InChI=1S/C25H21F2N3O2S/c1-16-9-10-22-20(13-16)25(23(31)29(22)15-17-5-2-3-8-21(17)27)30(11-12-33-25)24(32)28-19-7-4-6-18(26)14-19/h2-10,13-14H,11-12,15H2,1H3,(H,28,32)/t25-/m0/s1. The number of urea groups is 1. The average molecular weight is 466 g/mol. The molecule has 1 N–H and O–H groups in total. The largest absolute Gasteiger partial charge is 0.323 e. The maximum atomic E-state index is 14.4. The summed E-state index contributed by atoms with van der Waals surface area (Å²) < 4.78 is 28.0. The average Bonchev–Trinajstić information content (AvgIpc) is 3.32. The van der Waals surface area contributed by atoms with E-state index in [1.54, 1.807) is 29.2 Å². The lowest BCUT2D eigenvalue weighted by molar-refractivity contribution is -0.123. The zero-order valence-electron chi connectivity index (χ0n) is 17.8. The number of carbonyl (C=O) groups is 2. The maximum absolute atomic E-state index is 14.4. The van der Waals surface area contributed by atoms with Gasteiger partial charge in [-0.05, 0) is 37.3 Å². The summed E-state index contributed by atoms with van der Waals surface area (Å²) in [4.78, 5) is 29.0. The van der Waals surface area contributed by atoms with Crippen molar-refractivity contribution in [3.63, 3.8) is 0 Å². The van der Waals surface area contributed by atoms with Crippen molar-refractivity contribution < 1.29 is 18.4 Å². The van der Waals surface area contributed by atoms with Crippen LogP contribution in [0.2, 0.25) is 0 Å². The van der Waals surface area contributed by atoms with E-state index in [1.807, 2.05) is 25.1 Å². The van der Waals surface area contributed by atoms with E-state index in [-0.39, 0.29) is 18.3 Å². The van der Waals surface area contributed by atoms with Gasteiger partial charge in [-0.2, -0.15) is 0 Å². The fourth-order valence-electron chi connectivity index (χ4n) is 4.44. The van der Waals surface area contributed by atoms with Crippen molar-refractivity contribution in [2.45, 2.75) is 18.3 Å². The van der Waals surface area contributed by atoms with Gasteiger partial charge in [0.05, 0.1) is 12.2 Å². The maximum Gasteiger partial charge on any atom is 0.323 e. The fourth-order valence-corrected chi connectivity index (χ4v) is 5.89. The Hall–Kier alpha value is -3.39. The molecule has 1 fully saturated rings. The second kappa shape index (κ2) is 8.19. The van der Waals surface area contributed by atoms with Crippen molar-refractivity contribution in [3.05, 3.63) is 95.1 Å². The number of carbonyl (C=O) groups excluding carboxylic acids is 2. The number of halogens is 2. The summed E-state index contributed by atoms with van der Waals surface area (Å²) in [6, 6.07) is 17.1. The third-order valence-electron chi connectivity index (χ3n) is 5.96. The molecule has 33 heavy (non-hydrogen) atoms. The molecule has 1 atom stereocenters. The van der Waals surface area contributed by atoms with Gasteiger partial charge in [-0.3, -0.25) is 9.69 Å². The van der Waals surface area contributed by atoms with Crippen LogP contribution in [-0.4, -0.2) is 29.1 Å². The first-order valence-electron chi connectivity index (χ1n) is 10.5. The number of nitrogens with one attached hydrogen (secondary N) is 1. The van der Waals surface area contributed by atoms with Gasteiger partial charge in [-0.25, -0.2) is 13.6 Å². The Kier molecular flexibility index (Phi) is 5.32. The molecule has 2 heterocycles. The van der Waals surface area contributed by atoms with E-state index >= 15 is 0 Å². The van der Waals surface area contributed by atoms with E-state index in [0.29, 0.717) is 34.8 Å². The third kappa shape index (κ3) is 3.54. The van der Waals surface area contributed by atoms with Crippen LogP contribution in [0.4, 0.5) is 25.0 Å². The molecule has 0 bridgehead atoms. The van der Waals surface area contributed by atoms with Gasteiger partial charge in [0.2, 0.25) is 0 Å². The quantitative estimate of drug-likeness (QED) is 0.575. The fraction of sp³-hybridized carbons (Fsp3) is 0.200. The number of hydrogen-bond donors (Lipinski definition) is 1. The first-order valence-corrected chi connectivity index (χ1v) is 11.5. The molecule has 0 aromatic heterocycles. The smallest absolute Gasteiger partial charge is 0.308 e. The SMILES string of the molecule is Cc1ccc2c(c1)[C@]1(SCCN1C(=O)Nc1cccc(F)c1)C(=O)N2Cc1ccccc1F. The highest BCUT2D eigenvalue weighted by atomic mass is 32.2. The number of nitrogens with zero attached hydrogens (tertiary/aromatic N) is 2. The van der Waals surface area contributed by atoms with Crippen LogP contribution >= 0.6 is 11.8 Å². The summed E-state index contributed by atoms with van der Waals surface area (Å²) in [5.74, 6) is -0.585. The molecule has 0 unspecified atom stereocenters. The van der Waals surface area contributed by atoms with Crippen LogP contribution in [-0.2, 0) is 16.2 Å². The zero-order valence-corrected chi connectivity index (χ0v) is 18.7. The van der Waals surface area contributed by atoms with Crippen LogP contribution in [0.25, 0.3) is 0 Å². The number of rotatable bonds is 3. The Bertz CT molecular complexity index is 1270. The molecule has 0 aliphatic carbocycles. The first-order chi connectivity index (χ1) is 15.9. The van der Waals surface area contributed by atoms with Gasteiger partial charge >= 0.3 is 6.03 Å². The summed E-state index contributed by atoms with van der Waals surface area (Å²) in [6.07, 6.45) is 0. The molecule has 0 saturated carbocycles. The lowest BCUT2D eigenvalue weighted by Gasteiger charge is -2.33. The van der Waals surface area contributed by atoms with E-state index < -0.39 is 16.7 Å². The van der Waals surface area contributed by atoms with Crippen LogP contribution < -0.4 is 10.2 Å². The van der Waals surface area contributed by atoms with Crippen molar-refractivity contribution in [3.8, 4) is 0 Å². The van der Waals surface area contributed by atoms with E-state index in [1.165, 1.54) is 40.9 Å². The van der Waals surface area contributed by atoms with Crippen molar-refractivity contribution in [2.75, 3.05) is 22.5 Å². The summed E-state index contributed by atoms with van der Waals surface area (Å²) >= 11 is 1.39. The highest BCUT2D eigenvalue weighted by Crippen LogP contribution is 2.54. The minimum atomic E-state index is -1.26. The van der Waals surface area contributed by atoms with Crippen molar-refractivity contribution >= 4 is 35.1 Å². The second-order valence-corrected chi connectivity index (χ2v) is 9.38. The third-order valence-corrected chi connectivity index (χ3v) is 7.38. The van der Waals surface area contributed by atoms with Crippen LogP contribution in [0, 0.1) is 18.6 Å². The van der Waals surface area contributed by atoms with Gasteiger partial charge in [-0.15, -0.1) is 11.8 Å². The number of fused-ring (bicyclic) bond motifs is 2. The Morgan fingerprint density at radius 3 is 2.70 bits per heavy atom. The minimum absolute atomic E-state index is 0.0588. The number of anilines is 2. The molecular formula is C25H21F2N3O2S. The molecular weight excluding hydrogens is 444 g/mol. The predicted octanol–water partition coefficient (Wildman–Crippen LogP) is 5.25. The molecule has 5 nitrogen and oxygen atoms in total. The molecule has 0 radical (unpaired) electrons. The minimum Gasteiger partial charge on any atom is -0.308 e. The Balaban J connectivity index is 1.54. The molecule has 168 valence electrons. The second-order valence-electron chi connectivity index (χ2n) is 8.09. The number of benzene rings is 3. The molecule has 1 saturated heterocycles. The van der Waals surface area contributed by atoms with Gasteiger partial charge in [0.25, 0.3) is 5.91 Å². The van der Waals surface area contributed by atoms with E-state index in [2.05, 4.69) is 5.32 Å². The van der Waals surface area contributed by atoms with Crippen molar-refractivity contribution in [1.29, 1.82) is 0 Å². The van der Waals surface area contributed by atoms with Crippen molar-refractivity contribution in [1.82, 2.24) is 4.90 Å². The van der Waals surface area contributed by atoms with E-state index in [9.17, 15) is 18.4 Å². The van der Waals surface area contributed by atoms with Gasteiger partial charge in [-0.1, -0.05) is 42.0 Å². The van der Waals surface area contributed by atoms with Gasteiger partial charge < -0.3 is 10.2 Å². The van der Waals surface area contributed by atoms with Gasteiger partial charge in [0.15, 0.2) is 4.87 Å². The molecule has 2 aliphatic rings. The number of aryl methyl sites for hydroxylation is 1. The molecule has 5 rings (SSSR count). The highest BCUT2D eigenvalue weighted by Gasteiger charge is 2.59. The molecule has 1 spiro atoms. The van der Waals surface area contributed by atoms with Crippen molar-refractivity contribution in [2.24, 2.45) is 0 Å². The molecule has 8 heteroatoms. The number of amides is 3. The normalized spacial score (nSPS) is 19.3.